The average Bonchev–Trinajstić information content (AvgIpc) is 2.66. The van der Waals surface area contributed by atoms with Crippen LogP contribution in [-0.2, 0) is 0 Å². The van der Waals surface area contributed by atoms with Crippen LogP contribution >= 0.6 is 0 Å². The van der Waals surface area contributed by atoms with Crippen LogP contribution in [0.4, 0.5) is 11.5 Å². The summed E-state index contributed by atoms with van der Waals surface area (Å²) >= 11 is 0. The number of rotatable bonds is 2. The highest BCUT2D eigenvalue weighted by Crippen LogP contribution is 2.12. The molecular formula is C9H9N5O. The summed E-state index contributed by atoms with van der Waals surface area (Å²) in [4.78, 5) is 4.11. The molecule has 0 amide bonds. The van der Waals surface area contributed by atoms with Gasteiger partial charge in [0.25, 0.3) is 0 Å². The fraction of sp³-hybridized carbons (Fsp3) is 0. The van der Waals surface area contributed by atoms with Gasteiger partial charge in [-0.3, -0.25) is 0 Å². The first-order valence-corrected chi connectivity index (χ1v) is 4.25. The normalized spacial score (nSPS) is 11.6. The number of nitrogens with zero attached hydrogens (tertiary/aromatic N) is 3. The lowest BCUT2D eigenvalue weighted by molar-refractivity contribution is 0.308. The SMILES string of the molecule is NC(=Nc1ccccc1)c1nonc1N. The fourth-order valence-electron chi connectivity index (χ4n) is 1.07. The van der Waals surface area contributed by atoms with Crippen molar-refractivity contribution in [3.05, 3.63) is 36.0 Å². The number of nitrogens with two attached hydrogens (primary N) is 2. The van der Waals surface area contributed by atoms with E-state index in [4.69, 9.17) is 11.5 Å². The summed E-state index contributed by atoms with van der Waals surface area (Å²) in [7, 11) is 0. The van der Waals surface area contributed by atoms with Gasteiger partial charge < -0.3 is 11.5 Å². The first-order valence-electron chi connectivity index (χ1n) is 4.25. The minimum absolute atomic E-state index is 0.132. The van der Waals surface area contributed by atoms with Crippen molar-refractivity contribution in [1.82, 2.24) is 10.3 Å². The Balaban J connectivity index is 2.33. The lowest BCUT2D eigenvalue weighted by Crippen LogP contribution is -2.15. The number of aliphatic imine (C=N–C) groups is 1. The molecule has 0 atom stereocenters. The van der Waals surface area contributed by atoms with Crippen molar-refractivity contribution in [2.24, 2.45) is 10.7 Å². The van der Waals surface area contributed by atoms with Gasteiger partial charge in [0.15, 0.2) is 17.3 Å². The molecule has 1 aromatic heterocycles. The zero-order chi connectivity index (χ0) is 10.7. The number of hydrogen-bond donors (Lipinski definition) is 2. The zero-order valence-corrected chi connectivity index (χ0v) is 7.79. The highest BCUT2D eigenvalue weighted by molar-refractivity contribution is 6.00. The van der Waals surface area contributed by atoms with Gasteiger partial charge in [-0.25, -0.2) is 9.62 Å². The quantitative estimate of drug-likeness (QED) is 0.552. The van der Waals surface area contributed by atoms with Gasteiger partial charge in [-0.1, -0.05) is 18.2 Å². The van der Waals surface area contributed by atoms with E-state index in [0.29, 0.717) is 0 Å². The van der Waals surface area contributed by atoms with Crippen LogP contribution in [0.2, 0.25) is 0 Å². The summed E-state index contributed by atoms with van der Waals surface area (Å²) in [5.74, 6) is 0.312. The molecule has 2 rings (SSSR count). The van der Waals surface area contributed by atoms with E-state index in [2.05, 4.69) is 19.9 Å². The van der Waals surface area contributed by atoms with E-state index in [1.54, 1.807) is 0 Å². The van der Waals surface area contributed by atoms with Crippen molar-refractivity contribution in [1.29, 1.82) is 0 Å². The molecule has 6 heteroatoms. The molecule has 0 fully saturated rings. The largest absolute Gasteiger partial charge is 0.382 e. The number of para-hydroxylation sites is 1. The van der Waals surface area contributed by atoms with Crippen molar-refractivity contribution < 1.29 is 4.63 Å². The Kier molecular flexibility index (Phi) is 2.32. The number of anilines is 1. The Morgan fingerprint density at radius 1 is 1.20 bits per heavy atom. The van der Waals surface area contributed by atoms with E-state index in [1.807, 2.05) is 30.3 Å². The summed E-state index contributed by atoms with van der Waals surface area (Å²) < 4.78 is 4.42. The first kappa shape index (κ1) is 9.20. The van der Waals surface area contributed by atoms with Crippen molar-refractivity contribution in [3.8, 4) is 0 Å². The summed E-state index contributed by atoms with van der Waals surface area (Å²) in [6, 6.07) is 9.24. The third-order valence-electron chi connectivity index (χ3n) is 1.76. The van der Waals surface area contributed by atoms with Gasteiger partial charge in [0, 0.05) is 0 Å². The van der Waals surface area contributed by atoms with E-state index in [9.17, 15) is 0 Å². The molecule has 6 nitrogen and oxygen atoms in total. The minimum atomic E-state index is 0.132. The molecule has 0 aliphatic rings. The first-order chi connectivity index (χ1) is 7.27. The molecule has 0 spiro atoms. The van der Waals surface area contributed by atoms with E-state index >= 15 is 0 Å². The maximum atomic E-state index is 5.68. The van der Waals surface area contributed by atoms with Gasteiger partial charge in [-0.05, 0) is 22.4 Å². The third kappa shape index (κ3) is 1.93. The predicted octanol–water partition coefficient (Wildman–Crippen LogP) is 0.689. The summed E-state index contributed by atoms with van der Waals surface area (Å²) in [5.41, 5.74) is 12.1. The lowest BCUT2D eigenvalue weighted by atomic mass is 10.3. The molecule has 4 N–H and O–H groups in total. The Bertz CT molecular complexity index is 476. The highest BCUT2D eigenvalue weighted by atomic mass is 16.6. The zero-order valence-electron chi connectivity index (χ0n) is 7.79. The highest BCUT2D eigenvalue weighted by Gasteiger charge is 2.09. The maximum Gasteiger partial charge on any atom is 0.199 e. The topological polar surface area (TPSA) is 103 Å². The number of hydrogen-bond acceptors (Lipinski definition) is 5. The van der Waals surface area contributed by atoms with Crippen LogP contribution < -0.4 is 11.5 Å². The molecule has 0 radical (unpaired) electrons. The molecule has 0 unspecified atom stereocenters. The second kappa shape index (κ2) is 3.79. The Labute approximate surface area is 85.6 Å². The monoisotopic (exact) mass is 203 g/mol. The Morgan fingerprint density at radius 3 is 2.53 bits per heavy atom. The van der Waals surface area contributed by atoms with Crippen LogP contribution in [-0.4, -0.2) is 16.1 Å². The number of amidine groups is 1. The van der Waals surface area contributed by atoms with Crippen LogP contribution in [0.25, 0.3) is 0 Å². The summed E-state index contributed by atoms with van der Waals surface area (Å²) in [6.07, 6.45) is 0. The van der Waals surface area contributed by atoms with Gasteiger partial charge in [-0.2, -0.15) is 0 Å². The van der Waals surface area contributed by atoms with Gasteiger partial charge >= 0.3 is 0 Å². The van der Waals surface area contributed by atoms with Gasteiger partial charge in [0.05, 0.1) is 5.69 Å². The molecule has 0 aliphatic carbocycles. The van der Waals surface area contributed by atoms with Crippen LogP contribution in [0, 0.1) is 0 Å². The van der Waals surface area contributed by atoms with Crippen molar-refractivity contribution in [2.75, 3.05) is 5.73 Å². The van der Waals surface area contributed by atoms with Gasteiger partial charge in [0.1, 0.15) is 0 Å². The van der Waals surface area contributed by atoms with Crippen LogP contribution in [0.1, 0.15) is 5.69 Å². The van der Waals surface area contributed by atoms with Gasteiger partial charge in [-0.15, -0.1) is 0 Å². The average molecular weight is 203 g/mol. The molecule has 1 aromatic carbocycles. The summed E-state index contributed by atoms with van der Waals surface area (Å²) in [6.45, 7) is 0. The van der Waals surface area contributed by atoms with Crippen LogP contribution in [0.15, 0.2) is 40.0 Å². The van der Waals surface area contributed by atoms with Crippen molar-refractivity contribution >= 4 is 17.3 Å². The number of benzene rings is 1. The van der Waals surface area contributed by atoms with Crippen LogP contribution in [0.5, 0.6) is 0 Å². The maximum absolute atomic E-state index is 5.68. The predicted molar refractivity (Wildman–Crippen MR) is 55.5 cm³/mol. The second-order valence-electron chi connectivity index (χ2n) is 2.83. The van der Waals surface area contributed by atoms with Crippen molar-refractivity contribution in [2.45, 2.75) is 0 Å². The lowest BCUT2D eigenvalue weighted by Gasteiger charge is -1.95. The second-order valence-corrected chi connectivity index (χ2v) is 2.83. The van der Waals surface area contributed by atoms with Crippen molar-refractivity contribution in [3.63, 3.8) is 0 Å². The third-order valence-corrected chi connectivity index (χ3v) is 1.76. The molecule has 0 saturated carbocycles. The molecule has 1 heterocycles. The molecule has 0 aliphatic heterocycles. The molecule has 0 saturated heterocycles. The molecule has 0 bridgehead atoms. The molecular weight excluding hydrogens is 194 g/mol. The Hall–Kier alpha value is -2.37. The molecule has 76 valence electrons. The minimum Gasteiger partial charge on any atom is -0.382 e. The fourth-order valence-corrected chi connectivity index (χ4v) is 1.07. The Morgan fingerprint density at radius 2 is 1.93 bits per heavy atom. The smallest absolute Gasteiger partial charge is 0.199 e. The number of nitrogen functional groups attached to an aromatic ring is 1. The summed E-state index contributed by atoms with van der Waals surface area (Å²) in [5, 5.41) is 6.96. The molecule has 2 aromatic rings. The van der Waals surface area contributed by atoms with E-state index in [-0.39, 0.29) is 17.3 Å². The molecule has 15 heavy (non-hydrogen) atoms. The van der Waals surface area contributed by atoms with Gasteiger partial charge in [0.2, 0.25) is 0 Å². The standard InChI is InChI=1S/C9H9N5O/c10-8(7-9(11)14-15-13-7)12-6-4-2-1-3-5-6/h1-5H,(H2,10,12)(H2,11,14). The van der Waals surface area contributed by atoms with Crippen LogP contribution in [0.3, 0.4) is 0 Å². The van der Waals surface area contributed by atoms with E-state index < -0.39 is 0 Å². The van der Waals surface area contributed by atoms with E-state index in [0.717, 1.165) is 5.69 Å². The van der Waals surface area contributed by atoms with E-state index in [1.165, 1.54) is 0 Å². The number of aromatic nitrogens is 2.